The molecule has 0 unspecified atom stereocenters. The maximum absolute atomic E-state index is 13.2. The van der Waals surface area contributed by atoms with E-state index in [4.69, 9.17) is 9.47 Å². The van der Waals surface area contributed by atoms with Crippen LogP contribution in [0.2, 0.25) is 0 Å². The van der Waals surface area contributed by atoms with E-state index < -0.39 is 5.41 Å². The maximum Gasteiger partial charge on any atom is 0.316 e. The molecule has 1 saturated carbocycles. The van der Waals surface area contributed by atoms with Crippen LogP contribution in [0.1, 0.15) is 44.6 Å². The van der Waals surface area contributed by atoms with Crippen LogP contribution in [-0.4, -0.2) is 49.8 Å². The van der Waals surface area contributed by atoms with Crippen LogP contribution in [0, 0.1) is 10.8 Å². The second-order valence-corrected chi connectivity index (χ2v) is 8.78. The molecule has 1 aliphatic carbocycles. The topological polar surface area (TPSA) is 38.8 Å². The number of benzene rings is 1. The van der Waals surface area contributed by atoms with Crippen molar-refractivity contribution >= 4 is 5.97 Å². The molecule has 4 rings (SSSR count). The average molecular weight is 384 g/mol. The summed E-state index contributed by atoms with van der Waals surface area (Å²) in [6, 6.07) is 10.7. The van der Waals surface area contributed by atoms with Gasteiger partial charge in [0.25, 0.3) is 0 Å². The van der Waals surface area contributed by atoms with E-state index >= 15 is 0 Å². The second kappa shape index (κ2) is 8.38. The van der Waals surface area contributed by atoms with E-state index in [9.17, 15) is 4.79 Å². The Morgan fingerprint density at radius 3 is 2.89 bits per heavy atom. The van der Waals surface area contributed by atoms with Crippen molar-refractivity contribution in [2.24, 2.45) is 10.8 Å². The molecule has 2 bridgehead atoms. The van der Waals surface area contributed by atoms with E-state index in [1.54, 1.807) is 0 Å². The molecule has 28 heavy (non-hydrogen) atoms. The van der Waals surface area contributed by atoms with Gasteiger partial charge in [0.05, 0.1) is 19.3 Å². The largest absolute Gasteiger partial charge is 0.465 e. The zero-order valence-electron chi connectivity index (χ0n) is 17.1. The third kappa shape index (κ3) is 3.65. The smallest absolute Gasteiger partial charge is 0.316 e. The van der Waals surface area contributed by atoms with Crippen molar-refractivity contribution in [3.8, 4) is 0 Å². The lowest BCUT2D eigenvalue weighted by atomic mass is 9.55. The molecule has 2 aliphatic heterocycles. The van der Waals surface area contributed by atoms with Crippen LogP contribution in [0.4, 0.5) is 0 Å². The van der Waals surface area contributed by atoms with Crippen LogP contribution >= 0.6 is 0 Å². The SMILES string of the molecule is CCOC(=O)[C@@]12CCC[C@]3(CC=CCO[C@@H]31)CN(CCCc1ccccc1)C2. The number of allylic oxidation sites excluding steroid dienone is 1. The molecule has 0 amide bonds. The first-order chi connectivity index (χ1) is 13.7. The lowest BCUT2D eigenvalue weighted by Crippen LogP contribution is -2.67. The van der Waals surface area contributed by atoms with E-state index in [2.05, 4.69) is 47.4 Å². The van der Waals surface area contributed by atoms with E-state index in [0.717, 1.165) is 58.2 Å². The molecule has 4 heteroatoms. The van der Waals surface area contributed by atoms with Crippen molar-refractivity contribution < 1.29 is 14.3 Å². The summed E-state index contributed by atoms with van der Waals surface area (Å²) in [7, 11) is 0. The van der Waals surface area contributed by atoms with Gasteiger partial charge in [-0.05, 0) is 51.1 Å². The summed E-state index contributed by atoms with van der Waals surface area (Å²) >= 11 is 0. The molecule has 0 radical (unpaired) electrons. The molecule has 0 aromatic heterocycles. The summed E-state index contributed by atoms with van der Waals surface area (Å²) in [6.45, 7) is 5.77. The van der Waals surface area contributed by atoms with Gasteiger partial charge in [0.2, 0.25) is 0 Å². The minimum absolute atomic E-state index is 0.0202. The number of hydrogen-bond donors (Lipinski definition) is 0. The van der Waals surface area contributed by atoms with Crippen LogP contribution in [0.15, 0.2) is 42.5 Å². The van der Waals surface area contributed by atoms with Crippen molar-refractivity contribution in [3.63, 3.8) is 0 Å². The first-order valence-corrected chi connectivity index (χ1v) is 10.9. The van der Waals surface area contributed by atoms with E-state index in [1.807, 2.05) is 6.92 Å². The zero-order chi connectivity index (χ0) is 19.5. The summed E-state index contributed by atoms with van der Waals surface area (Å²) in [5, 5.41) is 0. The summed E-state index contributed by atoms with van der Waals surface area (Å²) in [4.78, 5) is 15.7. The Labute approximate surface area is 168 Å². The lowest BCUT2D eigenvalue weighted by molar-refractivity contribution is -0.209. The number of likely N-dealkylation sites (tertiary alicyclic amines) is 1. The van der Waals surface area contributed by atoms with Gasteiger partial charge in [-0.25, -0.2) is 0 Å². The van der Waals surface area contributed by atoms with Crippen LogP contribution in [0.3, 0.4) is 0 Å². The number of aryl methyl sites for hydroxylation is 1. The van der Waals surface area contributed by atoms with Gasteiger partial charge in [-0.1, -0.05) is 48.9 Å². The molecule has 3 atom stereocenters. The van der Waals surface area contributed by atoms with Crippen molar-refractivity contribution in [3.05, 3.63) is 48.0 Å². The van der Waals surface area contributed by atoms with Crippen LogP contribution < -0.4 is 0 Å². The number of rotatable bonds is 6. The molecule has 152 valence electrons. The molecule has 1 aromatic rings. The van der Waals surface area contributed by atoms with Crippen molar-refractivity contribution in [2.45, 2.75) is 51.6 Å². The predicted octanol–water partition coefficient (Wildman–Crippen LogP) is 4.00. The van der Waals surface area contributed by atoms with Gasteiger partial charge < -0.3 is 14.4 Å². The Morgan fingerprint density at radius 1 is 1.21 bits per heavy atom. The van der Waals surface area contributed by atoms with Crippen LogP contribution in [0.5, 0.6) is 0 Å². The summed E-state index contributed by atoms with van der Waals surface area (Å²) in [5.41, 5.74) is 0.922. The second-order valence-electron chi connectivity index (χ2n) is 8.78. The predicted molar refractivity (Wildman–Crippen MR) is 110 cm³/mol. The Bertz CT molecular complexity index is 703. The van der Waals surface area contributed by atoms with Gasteiger partial charge in [0.15, 0.2) is 0 Å². The molecule has 2 heterocycles. The molecular formula is C24H33NO3. The van der Waals surface area contributed by atoms with Gasteiger partial charge in [0, 0.05) is 18.5 Å². The average Bonchev–Trinajstić information content (AvgIpc) is 2.92. The highest BCUT2D eigenvalue weighted by Crippen LogP contribution is 2.55. The van der Waals surface area contributed by atoms with Gasteiger partial charge >= 0.3 is 5.97 Å². The number of ether oxygens (including phenoxy) is 2. The molecule has 0 N–H and O–H groups in total. The van der Waals surface area contributed by atoms with Crippen molar-refractivity contribution in [2.75, 3.05) is 32.8 Å². The standard InChI is InChI=1S/C24H33NO3/c1-2-27-22(26)24-15-9-14-23(13-6-7-17-28-21(23)24)18-25(19-24)16-8-12-20-10-4-3-5-11-20/h3-7,10-11,21H,2,8-9,12-19H2,1H3/t21-,23+,24+/m0/s1. The third-order valence-electron chi connectivity index (χ3n) is 6.91. The monoisotopic (exact) mass is 383 g/mol. The minimum Gasteiger partial charge on any atom is -0.465 e. The fraction of sp³-hybridized carbons (Fsp3) is 0.625. The Kier molecular flexibility index (Phi) is 5.88. The van der Waals surface area contributed by atoms with Gasteiger partial charge in [-0.2, -0.15) is 0 Å². The molecule has 1 saturated heterocycles. The normalized spacial score (nSPS) is 32.4. The number of esters is 1. The number of nitrogens with zero attached hydrogens (tertiary/aromatic N) is 1. The van der Waals surface area contributed by atoms with Crippen LogP contribution in [0.25, 0.3) is 0 Å². The summed E-state index contributed by atoms with van der Waals surface area (Å²) in [5.74, 6) is -0.0428. The number of hydrogen-bond acceptors (Lipinski definition) is 4. The minimum atomic E-state index is -0.509. The molecule has 1 aromatic carbocycles. The van der Waals surface area contributed by atoms with Crippen LogP contribution in [-0.2, 0) is 20.7 Å². The Balaban J connectivity index is 1.53. The van der Waals surface area contributed by atoms with Crippen molar-refractivity contribution in [1.29, 1.82) is 0 Å². The zero-order valence-corrected chi connectivity index (χ0v) is 17.1. The Hall–Kier alpha value is -1.65. The van der Waals surface area contributed by atoms with E-state index in [-0.39, 0.29) is 17.5 Å². The highest BCUT2D eigenvalue weighted by Gasteiger charge is 2.62. The Morgan fingerprint density at radius 2 is 2.07 bits per heavy atom. The van der Waals surface area contributed by atoms with Gasteiger partial charge in [0.1, 0.15) is 5.41 Å². The lowest BCUT2D eigenvalue weighted by Gasteiger charge is -2.59. The molecule has 2 fully saturated rings. The fourth-order valence-corrected chi connectivity index (χ4v) is 5.83. The highest BCUT2D eigenvalue weighted by molar-refractivity contribution is 5.78. The molecule has 3 aliphatic rings. The first kappa shape index (κ1) is 19.7. The molecule has 4 nitrogen and oxygen atoms in total. The first-order valence-electron chi connectivity index (χ1n) is 10.9. The summed E-state index contributed by atoms with van der Waals surface area (Å²) in [6.07, 6.45) is 10.7. The highest BCUT2D eigenvalue weighted by atomic mass is 16.5. The van der Waals surface area contributed by atoms with E-state index in [0.29, 0.717) is 13.2 Å². The van der Waals surface area contributed by atoms with Gasteiger partial charge in [-0.3, -0.25) is 4.79 Å². The van der Waals surface area contributed by atoms with E-state index in [1.165, 1.54) is 5.56 Å². The number of carbonyl (C=O) groups is 1. The number of piperidine rings is 1. The quantitative estimate of drug-likeness (QED) is 0.550. The fourth-order valence-electron chi connectivity index (χ4n) is 5.83. The molecular weight excluding hydrogens is 350 g/mol. The number of carbonyl (C=O) groups excluding carboxylic acids is 1. The van der Waals surface area contributed by atoms with Gasteiger partial charge in [-0.15, -0.1) is 0 Å². The van der Waals surface area contributed by atoms with Crippen molar-refractivity contribution in [1.82, 2.24) is 4.90 Å². The summed E-state index contributed by atoms with van der Waals surface area (Å²) < 4.78 is 11.9. The molecule has 0 spiro atoms. The third-order valence-corrected chi connectivity index (χ3v) is 6.91. The maximum atomic E-state index is 13.2.